The summed E-state index contributed by atoms with van der Waals surface area (Å²) in [5, 5.41) is 3.99. The molecule has 0 unspecified atom stereocenters. The van der Waals surface area contributed by atoms with Gasteiger partial charge in [0.05, 0.1) is 0 Å². The molecule has 6 heteroatoms. The number of anilines is 1. The lowest BCUT2D eigenvalue weighted by Crippen LogP contribution is -2.38. The number of rotatable bonds is 11. The van der Waals surface area contributed by atoms with Crippen molar-refractivity contribution in [3.05, 3.63) is 53.1 Å². The van der Waals surface area contributed by atoms with Crippen molar-refractivity contribution in [1.82, 2.24) is 19.4 Å². The summed E-state index contributed by atoms with van der Waals surface area (Å²) in [6, 6.07) is 3.93. The highest BCUT2D eigenvalue weighted by atomic mass is 16.1. The largest absolute Gasteiger partial charge is 0.324 e. The first-order valence-corrected chi connectivity index (χ1v) is 10.2. The molecule has 0 fully saturated rings. The van der Waals surface area contributed by atoms with E-state index in [-0.39, 0.29) is 5.56 Å². The van der Waals surface area contributed by atoms with Crippen LogP contribution >= 0.6 is 0 Å². The number of pyridine rings is 1. The topological polar surface area (TPSA) is 63.1 Å². The van der Waals surface area contributed by atoms with E-state index in [0.717, 1.165) is 43.4 Å². The maximum absolute atomic E-state index is 12.6. The minimum atomic E-state index is -0.0341. The second-order valence-corrected chi connectivity index (χ2v) is 6.88. The Morgan fingerprint density at radius 3 is 2.64 bits per heavy atom. The van der Waals surface area contributed by atoms with E-state index < -0.39 is 0 Å². The molecule has 0 atom stereocenters. The van der Waals surface area contributed by atoms with Gasteiger partial charge in [0.15, 0.2) is 0 Å². The monoisotopic (exact) mass is 383 g/mol. The Morgan fingerprint density at radius 1 is 1.29 bits per heavy atom. The van der Waals surface area contributed by atoms with Crippen LogP contribution in [0.3, 0.4) is 0 Å². The van der Waals surface area contributed by atoms with Crippen molar-refractivity contribution < 1.29 is 0 Å². The van der Waals surface area contributed by atoms with Gasteiger partial charge in [-0.3, -0.25) is 14.3 Å². The first-order chi connectivity index (χ1) is 13.6. The van der Waals surface area contributed by atoms with Crippen LogP contribution in [-0.4, -0.2) is 38.6 Å². The smallest absolute Gasteiger partial charge is 0.252 e. The van der Waals surface area contributed by atoms with Gasteiger partial charge in [0.1, 0.15) is 5.65 Å². The summed E-state index contributed by atoms with van der Waals surface area (Å²) in [5.74, 6) is 0.463. The van der Waals surface area contributed by atoms with Gasteiger partial charge < -0.3 is 5.32 Å². The van der Waals surface area contributed by atoms with E-state index in [2.05, 4.69) is 47.5 Å². The van der Waals surface area contributed by atoms with E-state index in [1.165, 1.54) is 0 Å². The molecule has 0 bridgehead atoms. The molecule has 0 spiro atoms. The molecule has 0 amide bonds. The molecule has 6 nitrogen and oxygen atoms in total. The average molecular weight is 384 g/mol. The predicted molar refractivity (Wildman–Crippen MR) is 118 cm³/mol. The Kier molecular flexibility index (Phi) is 8.39. The van der Waals surface area contributed by atoms with Gasteiger partial charge in [-0.25, -0.2) is 4.98 Å². The molecule has 0 aliphatic heterocycles. The second kappa shape index (κ2) is 10.8. The van der Waals surface area contributed by atoms with Crippen LogP contribution < -0.4 is 10.9 Å². The lowest BCUT2D eigenvalue weighted by molar-refractivity contribution is 0.179. The van der Waals surface area contributed by atoms with Crippen molar-refractivity contribution in [3.8, 4) is 0 Å². The molecule has 2 heterocycles. The molecule has 28 heavy (non-hydrogen) atoms. The van der Waals surface area contributed by atoms with E-state index in [9.17, 15) is 4.79 Å². The van der Waals surface area contributed by atoms with Gasteiger partial charge in [-0.2, -0.15) is 4.98 Å². The highest BCUT2D eigenvalue weighted by molar-refractivity contribution is 5.75. The molecule has 2 aromatic rings. The summed E-state index contributed by atoms with van der Waals surface area (Å²) >= 11 is 0. The van der Waals surface area contributed by atoms with Crippen molar-refractivity contribution >= 4 is 17.0 Å². The number of hydrogen-bond acceptors (Lipinski definition) is 5. The molecular formula is C22H33N5O. The molecule has 0 saturated heterocycles. The van der Waals surface area contributed by atoms with Gasteiger partial charge in [-0.15, -0.1) is 0 Å². The lowest BCUT2D eigenvalue weighted by atomic mass is 10.1. The third-order valence-corrected chi connectivity index (χ3v) is 5.09. The van der Waals surface area contributed by atoms with Gasteiger partial charge in [-0.1, -0.05) is 33.4 Å². The number of allylic oxidation sites excluding steroid dienone is 2. The van der Waals surface area contributed by atoms with E-state index in [1.54, 1.807) is 29.0 Å². The van der Waals surface area contributed by atoms with Gasteiger partial charge in [0, 0.05) is 42.5 Å². The third kappa shape index (κ3) is 5.29. The summed E-state index contributed by atoms with van der Waals surface area (Å²) in [6.07, 6.45) is 8.70. The Balaban J connectivity index is 2.35. The Bertz CT molecular complexity index is 867. The van der Waals surface area contributed by atoms with Crippen LogP contribution in [-0.2, 0) is 6.54 Å². The summed E-state index contributed by atoms with van der Waals surface area (Å²) in [7, 11) is 0. The molecule has 0 aromatic carbocycles. The van der Waals surface area contributed by atoms with Crippen molar-refractivity contribution in [2.75, 3.05) is 18.4 Å². The van der Waals surface area contributed by atoms with Crippen molar-refractivity contribution in [2.45, 2.75) is 59.5 Å². The fraction of sp³-hybridized carbons (Fsp3) is 0.500. The van der Waals surface area contributed by atoms with Crippen LogP contribution in [0.15, 0.2) is 47.6 Å². The molecule has 1 N–H and O–H groups in total. The summed E-state index contributed by atoms with van der Waals surface area (Å²) < 4.78 is 1.76. The minimum Gasteiger partial charge on any atom is -0.324 e. The fourth-order valence-corrected chi connectivity index (χ4v) is 3.52. The van der Waals surface area contributed by atoms with E-state index in [0.29, 0.717) is 24.2 Å². The summed E-state index contributed by atoms with van der Waals surface area (Å²) in [4.78, 5) is 24.1. The maximum Gasteiger partial charge on any atom is 0.252 e. The zero-order chi connectivity index (χ0) is 20.5. The van der Waals surface area contributed by atoms with Crippen LogP contribution in [0.4, 0.5) is 5.95 Å². The highest BCUT2D eigenvalue weighted by Crippen LogP contribution is 2.14. The van der Waals surface area contributed by atoms with Crippen LogP contribution in [0, 0.1) is 0 Å². The summed E-state index contributed by atoms with van der Waals surface area (Å²) in [6.45, 7) is 14.8. The molecule has 0 aliphatic carbocycles. The summed E-state index contributed by atoms with van der Waals surface area (Å²) in [5.41, 5.74) is 1.45. The number of fused-ring (bicyclic) bond motifs is 1. The fourth-order valence-electron chi connectivity index (χ4n) is 3.52. The van der Waals surface area contributed by atoms with Crippen molar-refractivity contribution in [3.63, 3.8) is 0 Å². The molecular weight excluding hydrogens is 350 g/mol. The molecule has 152 valence electrons. The highest BCUT2D eigenvalue weighted by Gasteiger charge is 2.15. The van der Waals surface area contributed by atoms with Crippen LogP contribution in [0.5, 0.6) is 0 Å². The molecule has 2 rings (SSSR count). The van der Waals surface area contributed by atoms with Gasteiger partial charge in [0.25, 0.3) is 5.56 Å². The zero-order valence-corrected chi connectivity index (χ0v) is 17.6. The van der Waals surface area contributed by atoms with Gasteiger partial charge >= 0.3 is 0 Å². The quantitative estimate of drug-likeness (QED) is 0.589. The second-order valence-electron chi connectivity index (χ2n) is 6.88. The van der Waals surface area contributed by atoms with Crippen molar-refractivity contribution in [1.29, 1.82) is 0 Å². The Morgan fingerprint density at radius 2 is 2.04 bits per heavy atom. The number of aromatic nitrogens is 3. The standard InChI is InChI=1S/C22H33N5O/c1-6-13-26(19(9-4)10-5)14-15-27-20(28)12-11-17-16-23-22(25-21(17)27)24-18(7-2)8-3/h7-8,11-12,16,19H,2,6,9-10,13-15H2,1,3-5H3,(H,23,24,25)/b18-8+. The molecule has 2 aromatic heterocycles. The van der Waals surface area contributed by atoms with E-state index >= 15 is 0 Å². The predicted octanol–water partition coefficient (Wildman–Crippen LogP) is 4.19. The van der Waals surface area contributed by atoms with E-state index in [4.69, 9.17) is 0 Å². The van der Waals surface area contributed by atoms with E-state index in [1.807, 2.05) is 13.0 Å². The first-order valence-electron chi connectivity index (χ1n) is 10.2. The SMILES string of the molecule is C=C/C(=C\C)Nc1ncc2ccc(=O)n(CCN(CCC)C(CC)CC)c2n1. The van der Waals surface area contributed by atoms with Gasteiger partial charge in [-0.05, 0) is 44.9 Å². The number of nitrogens with zero attached hydrogens (tertiary/aromatic N) is 4. The van der Waals surface area contributed by atoms with Crippen LogP contribution in [0.2, 0.25) is 0 Å². The first kappa shape index (κ1) is 21.8. The average Bonchev–Trinajstić information content (AvgIpc) is 2.71. The third-order valence-electron chi connectivity index (χ3n) is 5.09. The Labute approximate surface area is 168 Å². The van der Waals surface area contributed by atoms with Crippen molar-refractivity contribution in [2.24, 2.45) is 0 Å². The minimum absolute atomic E-state index is 0.0341. The van der Waals surface area contributed by atoms with Gasteiger partial charge in [0.2, 0.25) is 5.95 Å². The maximum atomic E-state index is 12.6. The zero-order valence-electron chi connectivity index (χ0n) is 17.6. The normalized spacial score (nSPS) is 12.1. The van der Waals surface area contributed by atoms with Crippen LogP contribution in [0.25, 0.3) is 11.0 Å². The Hall–Kier alpha value is -2.47. The molecule has 0 radical (unpaired) electrons. The number of nitrogens with one attached hydrogen (secondary N) is 1. The van der Waals surface area contributed by atoms with Crippen LogP contribution in [0.1, 0.15) is 47.0 Å². The molecule has 0 saturated carbocycles. The molecule has 0 aliphatic rings. The number of hydrogen-bond donors (Lipinski definition) is 1. The lowest BCUT2D eigenvalue weighted by Gasteiger charge is -2.30.